The minimum absolute atomic E-state index is 0.00453. The van der Waals surface area contributed by atoms with Crippen LogP contribution in [-0.4, -0.2) is 71.1 Å². The first-order valence-corrected chi connectivity index (χ1v) is 10.3. The predicted octanol–water partition coefficient (Wildman–Crippen LogP) is 2.37. The average Bonchev–Trinajstić information content (AvgIpc) is 3.45. The highest BCUT2D eigenvalue weighted by molar-refractivity contribution is 5.92. The van der Waals surface area contributed by atoms with Crippen LogP contribution in [0.4, 0.5) is 0 Å². The van der Waals surface area contributed by atoms with E-state index >= 15 is 0 Å². The van der Waals surface area contributed by atoms with E-state index in [0.717, 1.165) is 75.5 Å². The summed E-state index contributed by atoms with van der Waals surface area (Å²) in [7, 11) is 3.34. The van der Waals surface area contributed by atoms with Crippen LogP contribution in [0.2, 0.25) is 0 Å². The fourth-order valence-corrected chi connectivity index (χ4v) is 4.24. The highest BCUT2D eigenvalue weighted by Crippen LogP contribution is 2.26. The van der Waals surface area contributed by atoms with Crippen molar-refractivity contribution in [2.75, 3.05) is 40.4 Å². The maximum absolute atomic E-state index is 12.5. The molecule has 1 aromatic carbocycles. The van der Waals surface area contributed by atoms with Crippen molar-refractivity contribution in [1.29, 1.82) is 0 Å². The number of ether oxygens (including phenoxy) is 2. The van der Waals surface area contributed by atoms with Gasteiger partial charge < -0.3 is 14.4 Å². The topological polar surface area (TPSA) is 72.7 Å². The second kappa shape index (κ2) is 8.82. The minimum atomic E-state index is 0.00453. The molecule has 1 aromatic heterocycles. The molecule has 0 spiro atoms. The average molecular weight is 399 g/mol. The molecule has 2 aliphatic rings. The number of aromatic nitrogens is 3. The summed E-state index contributed by atoms with van der Waals surface area (Å²) in [5, 5.41) is 8.44. The molecule has 4 rings (SSSR count). The highest BCUT2D eigenvalue weighted by atomic mass is 16.5. The van der Waals surface area contributed by atoms with Crippen LogP contribution >= 0.6 is 0 Å². The Kier molecular flexibility index (Phi) is 5.99. The van der Waals surface area contributed by atoms with Crippen LogP contribution in [0.15, 0.2) is 24.4 Å². The van der Waals surface area contributed by atoms with Gasteiger partial charge in [0, 0.05) is 32.2 Å². The molecule has 8 nitrogen and oxygen atoms in total. The largest absolute Gasteiger partial charge is 0.497 e. The molecule has 0 aliphatic carbocycles. The summed E-state index contributed by atoms with van der Waals surface area (Å²) >= 11 is 0. The fourth-order valence-electron chi connectivity index (χ4n) is 4.24. The summed E-state index contributed by atoms with van der Waals surface area (Å²) < 4.78 is 12.7. The number of benzene rings is 1. The summed E-state index contributed by atoms with van der Waals surface area (Å²) in [6.07, 6.45) is 6.10. The molecule has 2 aliphatic heterocycles. The molecule has 3 heterocycles. The van der Waals surface area contributed by atoms with E-state index < -0.39 is 0 Å². The molecule has 8 heteroatoms. The number of methoxy groups -OCH3 is 2. The van der Waals surface area contributed by atoms with Gasteiger partial charge in [0.25, 0.3) is 5.91 Å². The molecule has 29 heavy (non-hydrogen) atoms. The van der Waals surface area contributed by atoms with Gasteiger partial charge in [0.05, 0.1) is 26.5 Å². The van der Waals surface area contributed by atoms with Crippen LogP contribution in [0.3, 0.4) is 0 Å². The fraction of sp³-hybridized carbons (Fsp3) is 0.571. The summed E-state index contributed by atoms with van der Waals surface area (Å²) in [4.78, 5) is 16.8. The molecule has 1 amide bonds. The van der Waals surface area contributed by atoms with Gasteiger partial charge in [-0.1, -0.05) is 5.21 Å². The van der Waals surface area contributed by atoms with E-state index in [1.165, 1.54) is 0 Å². The van der Waals surface area contributed by atoms with Crippen LogP contribution in [0.1, 0.15) is 47.8 Å². The lowest BCUT2D eigenvalue weighted by atomic mass is 10.0. The zero-order valence-electron chi connectivity index (χ0n) is 17.2. The van der Waals surface area contributed by atoms with E-state index in [1.807, 2.05) is 21.8 Å². The van der Waals surface area contributed by atoms with Crippen LogP contribution in [-0.2, 0) is 6.54 Å². The molecule has 0 N–H and O–H groups in total. The Balaban J connectivity index is 1.42. The summed E-state index contributed by atoms with van der Waals surface area (Å²) in [6.45, 7) is 4.38. The van der Waals surface area contributed by atoms with E-state index in [1.54, 1.807) is 14.2 Å². The van der Waals surface area contributed by atoms with E-state index in [-0.39, 0.29) is 11.9 Å². The normalized spacial score (nSPS) is 20.1. The first kappa shape index (κ1) is 19.7. The first-order chi connectivity index (χ1) is 14.2. The number of piperidine rings is 1. The third-order valence-electron chi connectivity index (χ3n) is 5.79. The number of amides is 1. The molecule has 1 atom stereocenters. The third-order valence-corrected chi connectivity index (χ3v) is 5.79. The van der Waals surface area contributed by atoms with Gasteiger partial charge in [-0.3, -0.25) is 9.69 Å². The molecule has 0 saturated carbocycles. The minimum Gasteiger partial charge on any atom is -0.497 e. The second-order valence-corrected chi connectivity index (χ2v) is 7.84. The summed E-state index contributed by atoms with van der Waals surface area (Å²) in [5.74, 6) is 1.60. The van der Waals surface area contributed by atoms with E-state index in [4.69, 9.17) is 9.47 Å². The summed E-state index contributed by atoms with van der Waals surface area (Å²) in [6, 6.07) is 6.21. The number of hydrogen-bond donors (Lipinski definition) is 0. The second-order valence-electron chi connectivity index (χ2n) is 7.84. The van der Waals surface area contributed by atoms with Crippen LogP contribution in [0.5, 0.6) is 11.5 Å². The Hall–Kier alpha value is -2.61. The van der Waals surface area contributed by atoms with Crippen molar-refractivity contribution < 1.29 is 14.3 Å². The van der Waals surface area contributed by atoms with Crippen molar-refractivity contribution in [3.63, 3.8) is 0 Å². The number of rotatable bonds is 6. The van der Waals surface area contributed by atoms with Crippen molar-refractivity contribution in [2.24, 2.45) is 0 Å². The Morgan fingerprint density at radius 1 is 1.07 bits per heavy atom. The zero-order chi connectivity index (χ0) is 20.2. The monoisotopic (exact) mass is 399 g/mol. The van der Waals surface area contributed by atoms with Crippen molar-refractivity contribution in [3.8, 4) is 11.5 Å². The number of hydrogen-bond acceptors (Lipinski definition) is 6. The van der Waals surface area contributed by atoms with Gasteiger partial charge in [-0.15, -0.1) is 5.10 Å². The van der Waals surface area contributed by atoms with Crippen molar-refractivity contribution in [3.05, 3.63) is 35.7 Å². The molecular weight excluding hydrogens is 370 g/mol. The smallest absolute Gasteiger partial charge is 0.276 e. The van der Waals surface area contributed by atoms with Gasteiger partial charge in [0.2, 0.25) is 0 Å². The van der Waals surface area contributed by atoms with Gasteiger partial charge in [-0.25, -0.2) is 4.68 Å². The summed E-state index contributed by atoms with van der Waals surface area (Å²) in [5.41, 5.74) is 1.62. The number of carbonyl (C=O) groups excluding carboxylic acids is 1. The molecule has 2 fully saturated rings. The predicted molar refractivity (Wildman–Crippen MR) is 108 cm³/mol. The SMILES string of the molecule is COc1cc(CN2CCCC(n3cc(C(=O)N4CCCC4)nn3)C2)cc(OC)c1. The van der Waals surface area contributed by atoms with Gasteiger partial charge in [0.1, 0.15) is 11.5 Å². The molecule has 1 unspecified atom stereocenters. The van der Waals surface area contributed by atoms with Crippen LogP contribution < -0.4 is 9.47 Å². The molecular formula is C21H29N5O3. The van der Waals surface area contributed by atoms with Gasteiger partial charge in [-0.05, 0) is 49.9 Å². The zero-order valence-corrected chi connectivity index (χ0v) is 17.2. The van der Waals surface area contributed by atoms with Gasteiger partial charge >= 0.3 is 0 Å². The Labute approximate surface area is 171 Å². The molecule has 2 aromatic rings. The van der Waals surface area contributed by atoms with Gasteiger partial charge in [0.15, 0.2) is 5.69 Å². The van der Waals surface area contributed by atoms with E-state index in [0.29, 0.717) is 5.69 Å². The maximum atomic E-state index is 12.5. The third kappa shape index (κ3) is 4.53. The number of likely N-dealkylation sites (tertiary alicyclic amines) is 2. The van der Waals surface area contributed by atoms with Crippen molar-refractivity contribution in [2.45, 2.75) is 38.3 Å². The Morgan fingerprint density at radius 2 is 1.79 bits per heavy atom. The molecule has 0 radical (unpaired) electrons. The molecule has 2 saturated heterocycles. The lowest BCUT2D eigenvalue weighted by Gasteiger charge is -2.32. The molecule has 0 bridgehead atoms. The highest BCUT2D eigenvalue weighted by Gasteiger charge is 2.26. The lowest BCUT2D eigenvalue weighted by Crippen LogP contribution is -2.36. The van der Waals surface area contributed by atoms with Crippen LogP contribution in [0.25, 0.3) is 0 Å². The first-order valence-electron chi connectivity index (χ1n) is 10.3. The van der Waals surface area contributed by atoms with Crippen molar-refractivity contribution >= 4 is 5.91 Å². The Bertz CT molecular complexity index is 824. The quantitative estimate of drug-likeness (QED) is 0.743. The van der Waals surface area contributed by atoms with Crippen molar-refractivity contribution in [1.82, 2.24) is 24.8 Å². The van der Waals surface area contributed by atoms with E-state index in [2.05, 4.69) is 27.3 Å². The van der Waals surface area contributed by atoms with E-state index in [9.17, 15) is 4.79 Å². The van der Waals surface area contributed by atoms with Crippen LogP contribution in [0, 0.1) is 0 Å². The Morgan fingerprint density at radius 3 is 2.48 bits per heavy atom. The number of nitrogens with zero attached hydrogens (tertiary/aromatic N) is 5. The van der Waals surface area contributed by atoms with Gasteiger partial charge in [-0.2, -0.15) is 0 Å². The lowest BCUT2D eigenvalue weighted by molar-refractivity contribution is 0.0787. The standard InChI is InChI=1S/C21H29N5O3/c1-28-18-10-16(11-19(12-18)29-2)13-24-7-5-6-17(14-24)26-15-20(22-23-26)21(27)25-8-3-4-9-25/h10-12,15,17H,3-9,13-14H2,1-2H3. The molecule has 156 valence electrons. The number of carbonyl (C=O) groups is 1. The maximum Gasteiger partial charge on any atom is 0.276 e.